The number of imidazole rings is 1. The van der Waals surface area contributed by atoms with Gasteiger partial charge in [0.05, 0.1) is 13.2 Å². The van der Waals surface area contributed by atoms with Crippen molar-refractivity contribution in [2.75, 3.05) is 13.5 Å². The van der Waals surface area contributed by atoms with E-state index >= 15 is 0 Å². The molecule has 7 nitrogen and oxygen atoms in total. The predicted molar refractivity (Wildman–Crippen MR) is 46.8 cm³/mol. The summed E-state index contributed by atoms with van der Waals surface area (Å²) in [5.74, 6) is -0.366. The van der Waals surface area contributed by atoms with Crippen LogP contribution in [0.2, 0.25) is 0 Å². The number of rotatable bonds is 6. The molecule has 1 N–H and O–H groups in total. The number of alkyl halides is 1. The molecule has 0 radical (unpaired) electrons. The van der Waals surface area contributed by atoms with Crippen molar-refractivity contribution in [3.8, 4) is 0 Å². The van der Waals surface area contributed by atoms with Crippen molar-refractivity contribution in [1.82, 2.24) is 9.55 Å². The highest BCUT2D eigenvalue weighted by molar-refractivity contribution is 5.06. The molecule has 0 bridgehead atoms. The van der Waals surface area contributed by atoms with Gasteiger partial charge in [0.1, 0.15) is 18.5 Å². The van der Waals surface area contributed by atoms with E-state index in [-0.39, 0.29) is 19.1 Å². The lowest BCUT2D eigenvalue weighted by Crippen LogP contribution is -2.22. The molecule has 15 heavy (non-hydrogen) atoms. The Balaban J connectivity index is 2.56. The molecule has 0 aliphatic rings. The minimum atomic E-state index is -1.01. The van der Waals surface area contributed by atoms with Crippen LogP contribution in [0.15, 0.2) is 12.4 Å². The van der Waals surface area contributed by atoms with Crippen molar-refractivity contribution in [1.29, 1.82) is 0 Å². The fraction of sp³-hybridized carbons (Fsp3) is 0.571. The van der Waals surface area contributed by atoms with E-state index in [0.29, 0.717) is 0 Å². The van der Waals surface area contributed by atoms with Crippen LogP contribution in [0.3, 0.4) is 0 Å². The molecule has 0 aliphatic carbocycles. The van der Waals surface area contributed by atoms with Crippen LogP contribution in [0.1, 0.15) is 0 Å². The minimum absolute atomic E-state index is 0.0592. The van der Waals surface area contributed by atoms with Crippen molar-refractivity contribution in [3.05, 3.63) is 22.5 Å². The van der Waals surface area contributed by atoms with E-state index in [1.807, 2.05) is 0 Å². The monoisotopic (exact) mass is 219 g/mol. The molecule has 1 unspecified atom stereocenters. The number of aliphatic hydroxyl groups is 1. The van der Waals surface area contributed by atoms with Gasteiger partial charge in [-0.3, -0.25) is 0 Å². The van der Waals surface area contributed by atoms with Gasteiger partial charge in [0, 0.05) is 0 Å². The Morgan fingerprint density at radius 1 is 1.80 bits per heavy atom. The summed E-state index contributed by atoms with van der Waals surface area (Å²) >= 11 is 0. The van der Waals surface area contributed by atoms with Gasteiger partial charge in [-0.1, -0.05) is 4.98 Å². The second-order valence-electron chi connectivity index (χ2n) is 2.77. The standard InChI is InChI=1S/C7H10FN3O4/c8-5-15-4-6(12)3-10-2-1-9-7(10)11(13)14/h1-2,6,12H,3-5H2. The van der Waals surface area contributed by atoms with Gasteiger partial charge >= 0.3 is 5.95 Å². The topological polar surface area (TPSA) is 90.4 Å². The van der Waals surface area contributed by atoms with E-state index in [4.69, 9.17) is 0 Å². The van der Waals surface area contributed by atoms with Crippen molar-refractivity contribution >= 4 is 5.95 Å². The lowest BCUT2D eigenvalue weighted by atomic mass is 10.4. The molecule has 1 heterocycles. The molecule has 1 rings (SSSR count). The Bertz CT molecular complexity index is 330. The number of hydrogen-bond donors (Lipinski definition) is 1. The number of hydrogen-bond acceptors (Lipinski definition) is 5. The summed E-state index contributed by atoms with van der Waals surface area (Å²) in [6, 6.07) is 0. The highest BCUT2D eigenvalue weighted by Crippen LogP contribution is 2.08. The fourth-order valence-electron chi connectivity index (χ4n) is 1.08. The van der Waals surface area contributed by atoms with Crippen LogP contribution in [0.5, 0.6) is 0 Å². The summed E-state index contributed by atoms with van der Waals surface area (Å²) in [5.41, 5.74) is 0. The van der Waals surface area contributed by atoms with Crippen LogP contribution in [0, 0.1) is 10.1 Å². The average molecular weight is 219 g/mol. The number of aliphatic hydroxyl groups excluding tert-OH is 1. The molecule has 8 heteroatoms. The summed E-state index contributed by atoms with van der Waals surface area (Å²) in [4.78, 5) is 13.3. The molecule has 0 amide bonds. The van der Waals surface area contributed by atoms with Gasteiger partial charge < -0.3 is 20.0 Å². The van der Waals surface area contributed by atoms with Gasteiger partial charge in [-0.2, -0.15) is 0 Å². The van der Waals surface area contributed by atoms with Crippen LogP contribution >= 0.6 is 0 Å². The first-order valence-corrected chi connectivity index (χ1v) is 4.12. The maximum Gasteiger partial charge on any atom is 0.434 e. The Kier molecular flexibility index (Phi) is 4.13. The Morgan fingerprint density at radius 2 is 2.53 bits per heavy atom. The van der Waals surface area contributed by atoms with Gasteiger partial charge in [0.2, 0.25) is 0 Å². The van der Waals surface area contributed by atoms with E-state index in [0.717, 1.165) is 4.57 Å². The molecule has 0 fully saturated rings. The lowest BCUT2D eigenvalue weighted by molar-refractivity contribution is -0.397. The SMILES string of the molecule is O=[N+]([O-])c1nccn1CC(O)COCF. The number of ether oxygens (including phenoxy) is 1. The van der Waals surface area contributed by atoms with Crippen LogP contribution in [-0.4, -0.2) is 39.2 Å². The summed E-state index contributed by atoms with van der Waals surface area (Å²) in [6.45, 7) is -1.27. The van der Waals surface area contributed by atoms with Gasteiger partial charge in [0.15, 0.2) is 6.86 Å². The first-order chi connectivity index (χ1) is 7.15. The van der Waals surface area contributed by atoms with Crippen molar-refractivity contribution < 1.29 is 19.2 Å². The molecule has 0 saturated carbocycles. The Morgan fingerprint density at radius 3 is 3.13 bits per heavy atom. The predicted octanol–water partition coefficient (Wildman–Crippen LogP) is 0.0958. The highest BCUT2D eigenvalue weighted by Gasteiger charge is 2.17. The number of halogens is 1. The summed E-state index contributed by atoms with van der Waals surface area (Å²) in [6.07, 6.45) is 1.60. The Hall–Kier alpha value is -1.54. The smallest absolute Gasteiger partial charge is 0.390 e. The molecule has 1 aromatic heterocycles. The zero-order valence-electron chi connectivity index (χ0n) is 7.74. The average Bonchev–Trinajstić information content (AvgIpc) is 2.62. The summed E-state index contributed by atoms with van der Waals surface area (Å²) < 4.78 is 17.1. The van der Waals surface area contributed by atoms with Crippen molar-refractivity contribution in [2.24, 2.45) is 0 Å². The van der Waals surface area contributed by atoms with Crippen LogP contribution in [0.4, 0.5) is 10.3 Å². The molecule has 1 atom stereocenters. The maximum absolute atomic E-state index is 11.6. The first kappa shape index (κ1) is 11.5. The van der Waals surface area contributed by atoms with E-state index in [2.05, 4.69) is 9.72 Å². The van der Waals surface area contributed by atoms with E-state index < -0.39 is 17.9 Å². The molecule has 1 aromatic rings. The first-order valence-electron chi connectivity index (χ1n) is 4.12. The highest BCUT2D eigenvalue weighted by atomic mass is 19.1. The zero-order valence-corrected chi connectivity index (χ0v) is 7.74. The molecule has 0 aromatic carbocycles. The van der Waals surface area contributed by atoms with Crippen molar-refractivity contribution in [3.63, 3.8) is 0 Å². The van der Waals surface area contributed by atoms with Crippen LogP contribution in [-0.2, 0) is 11.3 Å². The molecule has 84 valence electrons. The number of nitrogens with zero attached hydrogens (tertiary/aromatic N) is 3. The molecular formula is C7H10FN3O4. The van der Waals surface area contributed by atoms with Gasteiger partial charge in [-0.15, -0.1) is 0 Å². The van der Waals surface area contributed by atoms with E-state index in [9.17, 15) is 19.6 Å². The maximum atomic E-state index is 11.6. The fourth-order valence-corrected chi connectivity index (χ4v) is 1.08. The second kappa shape index (κ2) is 5.37. The van der Waals surface area contributed by atoms with Crippen LogP contribution < -0.4 is 0 Å². The quantitative estimate of drug-likeness (QED) is 0.541. The van der Waals surface area contributed by atoms with Gasteiger partial charge in [0.25, 0.3) is 0 Å². The molecule has 0 aliphatic heterocycles. The lowest BCUT2D eigenvalue weighted by Gasteiger charge is -2.08. The molecular weight excluding hydrogens is 209 g/mol. The van der Waals surface area contributed by atoms with E-state index in [1.165, 1.54) is 12.4 Å². The molecule has 0 saturated heterocycles. The van der Waals surface area contributed by atoms with E-state index in [1.54, 1.807) is 0 Å². The second-order valence-corrected chi connectivity index (χ2v) is 2.77. The normalized spacial score (nSPS) is 12.7. The summed E-state index contributed by atoms with van der Waals surface area (Å²) in [7, 11) is 0. The zero-order chi connectivity index (χ0) is 11.3. The Labute approximate surface area is 84.3 Å². The van der Waals surface area contributed by atoms with Gasteiger partial charge in [-0.25, -0.2) is 8.96 Å². The van der Waals surface area contributed by atoms with Crippen LogP contribution in [0.25, 0.3) is 0 Å². The third-order valence-corrected chi connectivity index (χ3v) is 1.65. The van der Waals surface area contributed by atoms with Gasteiger partial charge in [-0.05, 0) is 4.92 Å². The third-order valence-electron chi connectivity index (χ3n) is 1.65. The van der Waals surface area contributed by atoms with Crippen molar-refractivity contribution in [2.45, 2.75) is 12.6 Å². The molecule has 0 spiro atoms. The largest absolute Gasteiger partial charge is 0.434 e. The third kappa shape index (κ3) is 3.26. The number of aromatic nitrogens is 2. The number of nitro groups is 1. The minimum Gasteiger partial charge on any atom is -0.390 e. The summed E-state index contributed by atoms with van der Waals surface area (Å²) in [5, 5.41) is 19.7.